The summed E-state index contributed by atoms with van der Waals surface area (Å²) >= 11 is 0. The van der Waals surface area contributed by atoms with E-state index in [9.17, 15) is 14.7 Å². The molecule has 0 aliphatic carbocycles. The third kappa shape index (κ3) is 2.54. The molecule has 1 heterocycles. The van der Waals surface area contributed by atoms with Gasteiger partial charge in [0.05, 0.1) is 0 Å². The molecule has 1 aliphatic heterocycles. The van der Waals surface area contributed by atoms with Gasteiger partial charge in [-0.1, -0.05) is 6.07 Å². The number of rotatable bonds is 2. The number of carboxylic acids is 1. The van der Waals surface area contributed by atoms with Gasteiger partial charge in [0.2, 0.25) is 0 Å². The lowest BCUT2D eigenvalue weighted by atomic mass is 9.99. The van der Waals surface area contributed by atoms with Crippen LogP contribution in [0.15, 0.2) is 18.2 Å². The van der Waals surface area contributed by atoms with E-state index in [0.717, 1.165) is 12.8 Å². The first kappa shape index (κ1) is 13.4. The summed E-state index contributed by atoms with van der Waals surface area (Å²) in [5.41, 5.74) is 7.55. The van der Waals surface area contributed by atoms with Gasteiger partial charge in [0.25, 0.3) is 5.91 Å². The third-order valence-corrected chi connectivity index (χ3v) is 3.65. The maximum atomic E-state index is 12.5. The number of nitrogens with zero attached hydrogens (tertiary/aromatic N) is 1. The molecule has 5 heteroatoms. The van der Waals surface area contributed by atoms with Gasteiger partial charge in [0, 0.05) is 17.8 Å². The van der Waals surface area contributed by atoms with Gasteiger partial charge < -0.3 is 15.7 Å². The summed E-state index contributed by atoms with van der Waals surface area (Å²) in [5, 5.41) is 9.21. The number of nitrogens with two attached hydrogens (primary N) is 1. The number of amides is 1. The van der Waals surface area contributed by atoms with Crippen molar-refractivity contribution in [1.82, 2.24) is 4.90 Å². The molecule has 0 aromatic heterocycles. The highest BCUT2D eigenvalue weighted by atomic mass is 16.4. The van der Waals surface area contributed by atoms with Crippen molar-refractivity contribution in [3.8, 4) is 0 Å². The van der Waals surface area contributed by atoms with Crippen molar-refractivity contribution in [3.05, 3.63) is 29.3 Å². The Morgan fingerprint density at radius 1 is 1.37 bits per heavy atom. The van der Waals surface area contributed by atoms with E-state index in [-0.39, 0.29) is 5.91 Å². The molecule has 2 rings (SSSR count). The lowest BCUT2D eigenvalue weighted by Gasteiger charge is -2.33. The normalized spacial score (nSPS) is 19.2. The molecule has 1 aromatic carbocycles. The molecule has 0 radical (unpaired) electrons. The topological polar surface area (TPSA) is 83.6 Å². The maximum absolute atomic E-state index is 12.5. The minimum Gasteiger partial charge on any atom is -0.480 e. The van der Waals surface area contributed by atoms with Gasteiger partial charge in [-0.2, -0.15) is 0 Å². The number of hydrogen-bond acceptors (Lipinski definition) is 3. The Labute approximate surface area is 112 Å². The van der Waals surface area contributed by atoms with Crippen LogP contribution < -0.4 is 5.73 Å². The van der Waals surface area contributed by atoms with Crippen LogP contribution in [-0.4, -0.2) is 34.5 Å². The van der Waals surface area contributed by atoms with E-state index in [0.29, 0.717) is 29.8 Å². The zero-order valence-corrected chi connectivity index (χ0v) is 10.9. The van der Waals surface area contributed by atoms with Gasteiger partial charge in [-0.15, -0.1) is 0 Å². The van der Waals surface area contributed by atoms with E-state index in [1.165, 1.54) is 4.90 Å². The number of benzene rings is 1. The van der Waals surface area contributed by atoms with Crippen LogP contribution in [-0.2, 0) is 4.79 Å². The Balaban J connectivity index is 2.31. The molecule has 102 valence electrons. The summed E-state index contributed by atoms with van der Waals surface area (Å²) < 4.78 is 0. The Bertz CT molecular complexity index is 513. The quantitative estimate of drug-likeness (QED) is 0.794. The number of carbonyl (C=O) groups excluding carboxylic acids is 1. The van der Waals surface area contributed by atoms with Crippen molar-refractivity contribution in [2.24, 2.45) is 0 Å². The summed E-state index contributed by atoms with van der Waals surface area (Å²) in [7, 11) is 0. The van der Waals surface area contributed by atoms with Crippen molar-refractivity contribution in [2.75, 3.05) is 12.3 Å². The number of aliphatic carboxylic acids is 1. The van der Waals surface area contributed by atoms with Crippen LogP contribution in [0.1, 0.15) is 35.2 Å². The fraction of sp³-hybridized carbons (Fsp3) is 0.429. The van der Waals surface area contributed by atoms with E-state index in [1.54, 1.807) is 25.1 Å². The van der Waals surface area contributed by atoms with E-state index in [4.69, 9.17) is 5.73 Å². The second-order valence-corrected chi connectivity index (χ2v) is 4.87. The summed E-state index contributed by atoms with van der Waals surface area (Å²) in [6.45, 7) is 2.27. The molecule has 1 atom stereocenters. The molecule has 0 spiro atoms. The van der Waals surface area contributed by atoms with E-state index in [2.05, 4.69) is 0 Å². The van der Waals surface area contributed by atoms with Crippen molar-refractivity contribution < 1.29 is 14.7 Å². The van der Waals surface area contributed by atoms with Crippen LogP contribution >= 0.6 is 0 Å². The number of carboxylic acid groups (broad SMARTS) is 1. The van der Waals surface area contributed by atoms with E-state index in [1.807, 2.05) is 0 Å². The highest BCUT2D eigenvalue weighted by Crippen LogP contribution is 2.23. The second-order valence-electron chi connectivity index (χ2n) is 4.87. The minimum atomic E-state index is -0.936. The maximum Gasteiger partial charge on any atom is 0.326 e. The standard InChI is InChI=1S/C14H18N2O3/c1-9-10(5-4-6-11(9)15)13(17)16-8-3-2-7-12(16)14(18)19/h4-6,12H,2-3,7-8,15H2,1H3,(H,18,19)/t12-/m1/s1. The smallest absolute Gasteiger partial charge is 0.326 e. The largest absolute Gasteiger partial charge is 0.480 e. The molecule has 1 saturated heterocycles. The Morgan fingerprint density at radius 2 is 2.11 bits per heavy atom. The fourth-order valence-corrected chi connectivity index (χ4v) is 2.47. The molecule has 0 unspecified atom stereocenters. The van der Waals surface area contributed by atoms with Crippen molar-refractivity contribution in [2.45, 2.75) is 32.2 Å². The van der Waals surface area contributed by atoms with Gasteiger partial charge in [-0.25, -0.2) is 4.79 Å². The van der Waals surface area contributed by atoms with Crippen LogP contribution in [0.4, 0.5) is 5.69 Å². The fourth-order valence-electron chi connectivity index (χ4n) is 2.47. The lowest BCUT2D eigenvalue weighted by Crippen LogP contribution is -2.48. The molecule has 1 aromatic rings. The van der Waals surface area contributed by atoms with Gasteiger partial charge in [-0.05, 0) is 43.9 Å². The molecule has 1 aliphatic rings. The molecule has 0 bridgehead atoms. The number of nitrogen functional groups attached to an aromatic ring is 1. The molecule has 19 heavy (non-hydrogen) atoms. The third-order valence-electron chi connectivity index (χ3n) is 3.65. The lowest BCUT2D eigenvalue weighted by molar-refractivity contribution is -0.143. The summed E-state index contributed by atoms with van der Waals surface area (Å²) in [6, 6.07) is 4.43. The van der Waals surface area contributed by atoms with Gasteiger partial charge >= 0.3 is 5.97 Å². The molecule has 1 fully saturated rings. The average molecular weight is 262 g/mol. The molecule has 3 N–H and O–H groups in total. The molecule has 0 saturated carbocycles. The summed E-state index contributed by atoms with van der Waals surface area (Å²) in [4.78, 5) is 25.2. The Hall–Kier alpha value is -2.04. The van der Waals surface area contributed by atoms with Gasteiger partial charge in [0.15, 0.2) is 0 Å². The molecular formula is C14H18N2O3. The second kappa shape index (κ2) is 5.30. The monoisotopic (exact) mass is 262 g/mol. The van der Waals surface area contributed by atoms with Crippen LogP contribution in [0.2, 0.25) is 0 Å². The van der Waals surface area contributed by atoms with E-state index < -0.39 is 12.0 Å². The first-order chi connectivity index (χ1) is 9.02. The Morgan fingerprint density at radius 3 is 2.79 bits per heavy atom. The van der Waals surface area contributed by atoms with E-state index >= 15 is 0 Å². The predicted molar refractivity (Wildman–Crippen MR) is 71.9 cm³/mol. The number of likely N-dealkylation sites (tertiary alicyclic amines) is 1. The highest BCUT2D eigenvalue weighted by Gasteiger charge is 2.32. The SMILES string of the molecule is Cc1c(N)cccc1C(=O)N1CCCC[C@@H]1C(=O)O. The Kier molecular flexibility index (Phi) is 3.74. The molecular weight excluding hydrogens is 244 g/mol. The summed E-state index contributed by atoms with van der Waals surface area (Å²) in [5.74, 6) is -1.17. The average Bonchev–Trinajstić information content (AvgIpc) is 2.41. The number of anilines is 1. The molecule has 5 nitrogen and oxygen atoms in total. The minimum absolute atomic E-state index is 0.239. The number of carbonyl (C=O) groups is 2. The first-order valence-corrected chi connectivity index (χ1v) is 6.41. The molecule has 1 amide bonds. The van der Waals surface area contributed by atoms with Crippen molar-refractivity contribution >= 4 is 17.6 Å². The highest BCUT2D eigenvalue weighted by molar-refractivity contribution is 5.99. The zero-order valence-electron chi connectivity index (χ0n) is 10.9. The van der Waals surface area contributed by atoms with Crippen LogP contribution in [0.5, 0.6) is 0 Å². The number of piperidine rings is 1. The van der Waals surface area contributed by atoms with Crippen molar-refractivity contribution in [3.63, 3.8) is 0 Å². The van der Waals surface area contributed by atoms with Crippen LogP contribution in [0, 0.1) is 6.92 Å². The van der Waals surface area contributed by atoms with Crippen LogP contribution in [0.25, 0.3) is 0 Å². The van der Waals surface area contributed by atoms with Crippen LogP contribution in [0.3, 0.4) is 0 Å². The number of hydrogen-bond donors (Lipinski definition) is 2. The first-order valence-electron chi connectivity index (χ1n) is 6.41. The summed E-state index contributed by atoms with van der Waals surface area (Å²) in [6.07, 6.45) is 2.20. The van der Waals surface area contributed by atoms with Gasteiger partial charge in [0.1, 0.15) is 6.04 Å². The van der Waals surface area contributed by atoms with Crippen molar-refractivity contribution in [1.29, 1.82) is 0 Å². The van der Waals surface area contributed by atoms with Gasteiger partial charge in [-0.3, -0.25) is 4.79 Å². The zero-order chi connectivity index (χ0) is 14.0. The predicted octanol–water partition coefficient (Wildman–Crippen LogP) is 1.66.